The number of aromatic nitrogens is 4. The minimum Gasteiger partial charge on any atom is -0.276 e. The third-order valence-corrected chi connectivity index (χ3v) is 4.92. The molecule has 1 amide bonds. The van der Waals surface area contributed by atoms with Crippen LogP contribution in [0.1, 0.15) is 16.2 Å². The molecule has 0 saturated carbocycles. The molecule has 8 heteroatoms. The SMILES string of the molecule is O=C(c1cnccn1)N(Cc1ccccn1)c1nc2ccc(Cl)cc2s1. The molecule has 0 aliphatic heterocycles. The van der Waals surface area contributed by atoms with Crippen molar-refractivity contribution < 1.29 is 4.79 Å². The molecule has 4 rings (SSSR count). The lowest BCUT2D eigenvalue weighted by molar-refractivity contribution is 0.0979. The number of benzene rings is 1. The van der Waals surface area contributed by atoms with Crippen LogP contribution in [0.5, 0.6) is 0 Å². The number of carbonyl (C=O) groups is 1. The standard InChI is InChI=1S/C18H12ClN5OS/c19-12-4-5-14-16(9-12)26-18(23-14)24(11-13-3-1-2-6-21-13)17(25)15-10-20-7-8-22-15/h1-10H,11H2. The highest BCUT2D eigenvalue weighted by atomic mass is 35.5. The smallest absolute Gasteiger partial charge is 0.276 e. The summed E-state index contributed by atoms with van der Waals surface area (Å²) in [7, 11) is 0. The minimum absolute atomic E-state index is 0.251. The van der Waals surface area contributed by atoms with E-state index in [1.54, 1.807) is 17.2 Å². The maximum atomic E-state index is 13.0. The van der Waals surface area contributed by atoms with Crippen molar-refractivity contribution in [1.29, 1.82) is 0 Å². The quantitative estimate of drug-likeness (QED) is 0.534. The monoisotopic (exact) mass is 381 g/mol. The van der Waals surface area contributed by atoms with Crippen LogP contribution in [-0.2, 0) is 6.54 Å². The predicted molar refractivity (Wildman–Crippen MR) is 101 cm³/mol. The fraction of sp³-hybridized carbons (Fsp3) is 0.0556. The second-order valence-electron chi connectivity index (χ2n) is 5.41. The lowest BCUT2D eigenvalue weighted by Gasteiger charge is -2.18. The molecule has 0 unspecified atom stereocenters. The van der Waals surface area contributed by atoms with Crippen molar-refractivity contribution >= 4 is 44.2 Å². The minimum atomic E-state index is -0.283. The Hall–Kier alpha value is -2.90. The Morgan fingerprint density at radius 3 is 2.81 bits per heavy atom. The molecule has 0 saturated heterocycles. The Kier molecular flexibility index (Phi) is 4.55. The number of fused-ring (bicyclic) bond motifs is 1. The zero-order valence-corrected chi connectivity index (χ0v) is 15.0. The van der Waals surface area contributed by atoms with Gasteiger partial charge < -0.3 is 0 Å². The molecule has 4 aromatic rings. The van der Waals surface area contributed by atoms with Crippen molar-refractivity contribution in [2.24, 2.45) is 0 Å². The first-order valence-corrected chi connectivity index (χ1v) is 8.94. The number of hydrogen-bond acceptors (Lipinski definition) is 6. The summed E-state index contributed by atoms with van der Waals surface area (Å²) in [5.74, 6) is -0.283. The van der Waals surface area contributed by atoms with Gasteiger partial charge in [-0.3, -0.25) is 19.7 Å². The summed E-state index contributed by atoms with van der Waals surface area (Å²) in [5.41, 5.74) is 1.79. The lowest BCUT2D eigenvalue weighted by atomic mass is 10.3. The zero-order chi connectivity index (χ0) is 17.9. The highest BCUT2D eigenvalue weighted by Gasteiger charge is 2.23. The number of carbonyl (C=O) groups excluding carboxylic acids is 1. The Bertz CT molecular complexity index is 1060. The van der Waals surface area contributed by atoms with Crippen molar-refractivity contribution in [3.8, 4) is 0 Å². The van der Waals surface area contributed by atoms with Crippen molar-refractivity contribution in [2.75, 3.05) is 4.90 Å². The molecule has 3 heterocycles. The molecule has 26 heavy (non-hydrogen) atoms. The Balaban J connectivity index is 1.77. The van der Waals surface area contributed by atoms with E-state index in [0.717, 1.165) is 15.9 Å². The van der Waals surface area contributed by atoms with Crippen LogP contribution >= 0.6 is 22.9 Å². The summed E-state index contributed by atoms with van der Waals surface area (Å²) in [6.07, 6.45) is 6.15. The number of rotatable bonds is 4. The molecule has 1 aromatic carbocycles. The molecule has 6 nitrogen and oxygen atoms in total. The van der Waals surface area contributed by atoms with Crippen molar-refractivity contribution in [2.45, 2.75) is 6.54 Å². The fourth-order valence-electron chi connectivity index (χ4n) is 2.43. The normalized spacial score (nSPS) is 10.8. The van der Waals surface area contributed by atoms with Gasteiger partial charge in [0.05, 0.1) is 28.7 Å². The van der Waals surface area contributed by atoms with Gasteiger partial charge in [-0.2, -0.15) is 0 Å². The Morgan fingerprint density at radius 1 is 1.12 bits per heavy atom. The highest BCUT2D eigenvalue weighted by molar-refractivity contribution is 7.22. The van der Waals surface area contributed by atoms with Crippen LogP contribution in [0.25, 0.3) is 10.2 Å². The van der Waals surface area contributed by atoms with Crippen LogP contribution in [0.2, 0.25) is 5.02 Å². The van der Waals surface area contributed by atoms with E-state index < -0.39 is 0 Å². The summed E-state index contributed by atoms with van der Waals surface area (Å²) < 4.78 is 0.908. The number of pyridine rings is 1. The topological polar surface area (TPSA) is 71.9 Å². The van der Waals surface area contributed by atoms with Crippen LogP contribution in [0.15, 0.2) is 61.2 Å². The maximum absolute atomic E-state index is 13.0. The first kappa shape index (κ1) is 16.6. The van der Waals surface area contributed by atoms with E-state index in [0.29, 0.717) is 10.2 Å². The van der Waals surface area contributed by atoms with Gasteiger partial charge in [0.15, 0.2) is 5.13 Å². The van der Waals surface area contributed by atoms with Gasteiger partial charge in [-0.1, -0.05) is 29.0 Å². The third-order valence-electron chi connectivity index (χ3n) is 3.64. The molecule has 0 aliphatic rings. The molecule has 0 aliphatic carbocycles. The van der Waals surface area contributed by atoms with E-state index in [1.165, 1.54) is 29.9 Å². The van der Waals surface area contributed by atoms with Gasteiger partial charge in [0.25, 0.3) is 5.91 Å². The first-order valence-electron chi connectivity index (χ1n) is 7.74. The second-order valence-corrected chi connectivity index (χ2v) is 6.86. The Morgan fingerprint density at radius 2 is 2.04 bits per heavy atom. The van der Waals surface area contributed by atoms with Crippen LogP contribution in [-0.4, -0.2) is 25.8 Å². The average Bonchev–Trinajstić information content (AvgIpc) is 3.10. The lowest BCUT2D eigenvalue weighted by Crippen LogP contribution is -2.31. The molecular formula is C18H12ClN5OS. The molecule has 0 radical (unpaired) electrons. The number of halogens is 1. The second kappa shape index (κ2) is 7.15. The van der Waals surface area contributed by atoms with Crippen LogP contribution in [0.4, 0.5) is 5.13 Å². The predicted octanol–water partition coefficient (Wildman–Crippen LogP) is 3.98. The number of thiazole rings is 1. The van der Waals surface area contributed by atoms with Crippen molar-refractivity contribution in [3.05, 3.63) is 77.6 Å². The molecule has 0 atom stereocenters. The first-order chi connectivity index (χ1) is 12.7. The van der Waals surface area contributed by atoms with Gasteiger partial charge in [-0.15, -0.1) is 0 Å². The fourth-order valence-corrected chi connectivity index (χ4v) is 3.67. The summed E-state index contributed by atoms with van der Waals surface area (Å²) in [4.78, 5) is 31.6. The molecule has 0 spiro atoms. The van der Waals surface area contributed by atoms with Gasteiger partial charge in [-0.25, -0.2) is 9.97 Å². The number of anilines is 1. The largest absolute Gasteiger partial charge is 0.280 e. The summed E-state index contributed by atoms with van der Waals surface area (Å²) in [5, 5.41) is 1.19. The van der Waals surface area contributed by atoms with Gasteiger partial charge in [0, 0.05) is 23.6 Å². The summed E-state index contributed by atoms with van der Waals surface area (Å²) >= 11 is 7.46. The molecule has 3 aromatic heterocycles. The molecular weight excluding hydrogens is 370 g/mol. The van der Waals surface area contributed by atoms with E-state index in [9.17, 15) is 4.79 Å². The van der Waals surface area contributed by atoms with Crippen LogP contribution in [0, 0.1) is 0 Å². The van der Waals surface area contributed by atoms with Crippen molar-refractivity contribution in [3.63, 3.8) is 0 Å². The van der Waals surface area contributed by atoms with Gasteiger partial charge in [-0.05, 0) is 30.3 Å². The van der Waals surface area contributed by atoms with E-state index in [-0.39, 0.29) is 18.1 Å². The van der Waals surface area contributed by atoms with Gasteiger partial charge in [0.2, 0.25) is 0 Å². The summed E-state index contributed by atoms with van der Waals surface area (Å²) in [6.45, 7) is 0.282. The maximum Gasteiger partial charge on any atom is 0.280 e. The Labute approximate surface area is 158 Å². The van der Waals surface area contributed by atoms with Gasteiger partial charge in [0.1, 0.15) is 5.69 Å². The van der Waals surface area contributed by atoms with Crippen LogP contribution in [0.3, 0.4) is 0 Å². The summed E-state index contributed by atoms with van der Waals surface area (Å²) in [6, 6.07) is 11.0. The highest BCUT2D eigenvalue weighted by Crippen LogP contribution is 2.32. The number of amides is 1. The van der Waals surface area contributed by atoms with E-state index in [4.69, 9.17) is 11.6 Å². The number of hydrogen-bond donors (Lipinski definition) is 0. The van der Waals surface area contributed by atoms with E-state index in [2.05, 4.69) is 19.9 Å². The molecule has 128 valence electrons. The number of nitrogens with zero attached hydrogens (tertiary/aromatic N) is 5. The van der Waals surface area contributed by atoms with E-state index >= 15 is 0 Å². The molecule has 0 bridgehead atoms. The zero-order valence-electron chi connectivity index (χ0n) is 13.4. The van der Waals surface area contributed by atoms with Crippen LogP contribution < -0.4 is 4.90 Å². The molecule has 0 N–H and O–H groups in total. The third kappa shape index (κ3) is 3.40. The van der Waals surface area contributed by atoms with E-state index in [1.807, 2.05) is 30.3 Å². The average molecular weight is 382 g/mol. The molecule has 0 fully saturated rings. The van der Waals surface area contributed by atoms with Gasteiger partial charge >= 0.3 is 0 Å². The van der Waals surface area contributed by atoms with Crippen molar-refractivity contribution in [1.82, 2.24) is 19.9 Å².